The Kier molecular flexibility index (Phi) is 7.61. The van der Waals surface area contributed by atoms with Crippen LogP contribution in [0.5, 0.6) is 0 Å². The van der Waals surface area contributed by atoms with Crippen LogP contribution in [-0.2, 0) is 15.0 Å². The van der Waals surface area contributed by atoms with Crippen LogP contribution in [0, 0.1) is 0 Å². The second-order valence-electron chi connectivity index (χ2n) is 8.23. The van der Waals surface area contributed by atoms with E-state index >= 15 is 0 Å². The quantitative estimate of drug-likeness (QED) is 0.665. The SMILES string of the molecule is CCCN(CCC)C(=O)CCCC(=O)Nc1ccc2oc(C(C)(C)C)nc2c1. The second kappa shape index (κ2) is 9.71. The Morgan fingerprint density at radius 3 is 2.39 bits per heavy atom. The minimum absolute atomic E-state index is 0.0933. The van der Waals surface area contributed by atoms with Gasteiger partial charge in [-0.15, -0.1) is 0 Å². The Morgan fingerprint density at radius 1 is 1.11 bits per heavy atom. The van der Waals surface area contributed by atoms with Crippen LogP contribution in [-0.4, -0.2) is 34.8 Å². The van der Waals surface area contributed by atoms with Crippen molar-refractivity contribution in [3.05, 3.63) is 24.1 Å². The molecule has 6 heteroatoms. The van der Waals surface area contributed by atoms with Gasteiger partial charge in [0.1, 0.15) is 5.52 Å². The fraction of sp³-hybridized carbons (Fsp3) is 0.591. The molecule has 2 rings (SSSR count). The molecule has 0 aliphatic rings. The molecule has 2 amide bonds. The van der Waals surface area contributed by atoms with Crippen LogP contribution < -0.4 is 5.32 Å². The van der Waals surface area contributed by atoms with Crippen molar-refractivity contribution < 1.29 is 14.0 Å². The zero-order chi connectivity index (χ0) is 20.7. The van der Waals surface area contributed by atoms with E-state index in [1.54, 1.807) is 0 Å². The van der Waals surface area contributed by atoms with Crippen molar-refractivity contribution in [2.45, 2.75) is 72.1 Å². The Bertz CT molecular complexity index is 799. The highest BCUT2D eigenvalue weighted by Gasteiger charge is 2.21. The van der Waals surface area contributed by atoms with Crippen LogP contribution in [0.1, 0.15) is 72.6 Å². The number of carbonyl (C=O) groups is 2. The molecule has 0 radical (unpaired) electrons. The number of hydrogen-bond acceptors (Lipinski definition) is 4. The van der Waals surface area contributed by atoms with Gasteiger partial charge in [-0.2, -0.15) is 0 Å². The van der Waals surface area contributed by atoms with Crippen LogP contribution in [0.25, 0.3) is 11.1 Å². The molecule has 154 valence electrons. The molecule has 0 unspecified atom stereocenters. The summed E-state index contributed by atoms with van der Waals surface area (Å²) >= 11 is 0. The smallest absolute Gasteiger partial charge is 0.224 e. The number of rotatable bonds is 9. The van der Waals surface area contributed by atoms with E-state index in [1.807, 2.05) is 43.9 Å². The molecule has 0 spiro atoms. The van der Waals surface area contributed by atoms with Gasteiger partial charge in [-0.05, 0) is 37.5 Å². The maximum absolute atomic E-state index is 12.3. The second-order valence-corrected chi connectivity index (χ2v) is 8.23. The number of nitrogens with one attached hydrogen (secondary N) is 1. The average molecular weight is 388 g/mol. The average Bonchev–Trinajstić information content (AvgIpc) is 3.05. The van der Waals surface area contributed by atoms with Gasteiger partial charge in [0.2, 0.25) is 17.7 Å². The van der Waals surface area contributed by atoms with Gasteiger partial charge < -0.3 is 14.6 Å². The number of aromatic nitrogens is 1. The van der Waals surface area contributed by atoms with Crippen LogP contribution in [0.2, 0.25) is 0 Å². The Hall–Kier alpha value is -2.37. The summed E-state index contributed by atoms with van der Waals surface area (Å²) in [6.07, 6.45) is 3.18. The summed E-state index contributed by atoms with van der Waals surface area (Å²) in [5.74, 6) is 0.715. The van der Waals surface area contributed by atoms with E-state index in [9.17, 15) is 9.59 Å². The van der Waals surface area contributed by atoms with Gasteiger partial charge >= 0.3 is 0 Å². The molecule has 1 N–H and O–H groups in total. The first-order valence-corrected chi connectivity index (χ1v) is 10.2. The molecule has 2 aromatic rings. The number of anilines is 1. The first-order valence-electron chi connectivity index (χ1n) is 10.2. The highest BCUT2D eigenvalue weighted by molar-refractivity contribution is 5.93. The largest absolute Gasteiger partial charge is 0.440 e. The molecule has 0 fully saturated rings. The first kappa shape index (κ1) is 21.9. The predicted octanol–water partition coefficient (Wildman–Crippen LogP) is 4.88. The number of benzene rings is 1. The molecule has 0 saturated heterocycles. The van der Waals surface area contributed by atoms with E-state index in [2.05, 4.69) is 24.1 Å². The van der Waals surface area contributed by atoms with Gasteiger partial charge in [0.25, 0.3) is 0 Å². The monoisotopic (exact) mass is 387 g/mol. The highest BCUT2D eigenvalue weighted by atomic mass is 16.3. The lowest BCUT2D eigenvalue weighted by molar-refractivity contribution is -0.131. The van der Waals surface area contributed by atoms with Gasteiger partial charge in [0.05, 0.1) is 0 Å². The minimum atomic E-state index is -0.168. The van der Waals surface area contributed by atoms with Crippen molar-refractivity contribution in [3.8, 4) is 0 Å². The Labute approximate surface area is 167 Å². The molecular formula is C22H33N3O3. The molecule has 0 saturated carbocycles. The number of amides is 2. The van der Waals surface area contributed by atoms with E-state index in [1.165, 1.54) is 0 Å². The summed E-state index contributed by atoms with van der Waals surface area (Å²) < 4.78 is 5.78. The van der Waals surface area contributed by atoms with E-state index in [0.717, 1.165) is 31.4 Å². The lowest BCUT2D eigenvalue weighted by atomic mass is 9.97. The van der Waals surface area contributed by atoms with Crippen LogP contribution in [0.3, 0.4) is 0 Å². The zero-order valence-corrected chi connectivity index (χ0v) is 17.8. The molecule has 1 heterocycles. The molecule has 0 bridgehead atoms. The summed E-state index contributed by atoms with van der Waals surface area (Å²) in [6.45, 7) is 11.8. The summed E-state index contributed by atoms with van der Waals surface area (Å²) in [4.78, 5) is 30.9. The Morgan fingerprint density at radius 2 is 1.79 bits per heavy atom. The third-order valence-corrected chi connectivity index (χ3v) is 4.45. The van der Waals surface area contributed by atoms with E-state index in [0.29, 0.717) is 36.4 Å². The standard InChI is InChI=1S/C22H33N3O3/c1-6-13-25(14-7-2)20(27)10-8-9-19(26)23-16-11-12-18-17(15-16)24-21(28-18)22(3,4)5/h11-12,15H,6-10,13-14H2,1-5H3,(H,23,26). The van der Waals surface area contributed by atoms with Gasteiger partial charge in [-0.3, -0.25) is 9.59 Å². The Balaban J connectivity index is 1.88. The van der Waals surface area contributed by atoms with Crippen LogP contribution in [0.15, 0.2) is 22.6 Å². The van der Waals surface area contributed by atoms with Crippen molar-refractivity contribution >= 4 is 28.6 Å². The molecule has 1 aromatic heterocycles. The van der Waals surface area contributed by atoms with E-state index in [-0.39, 0.29) is 17.2 Å². The van der Waals surface area contributed by atoms with E-state index in [4.69, 9.17) is 4.42 Å². The normalized spacial score (nSPS) is 11.6. The first-order chi connectivity index (χ1) is 13.2. The van der Waals surface area contributed by atoms with Crippen LogP contribution >= 0.6 is 0 Å². The van der Waals surface area contributed by atoms with Crippen molar-refractivity contribution in [2.24, 2.45) is 0 Å². The number of carbonyl (C=O) groups excluding carboxylic acids is 2. The molecule has 1 aromatic carbocycles. The van der Waals surface area contributed by atoms with Crippen molar-refractivity contribution in [1.29, 1.82) is 0 Å². The lowest BCUT2D eigenvalue weighted by Gasteiger charge is -2.21. The molecule has 0 aliphatic heterocycles. The van der Waals surface area contributed by atoms with E-state index < -0.39 is 0 Å². The maximum atomic E-state index is 12.3. The zero-order valence-electron chi connectivity index (χ0n) is 17.8. The minimum Gasteiger partial charge on any atom is -0.440 e. The van der Waals surface area contributed by atoms with Crippen molar-refractivity contribution in [1.82, 2.24) is 9.88 Å². The van der Waals surface area contributed by atoms with Gasteiger partial charge in [-0.1, -0.05) is 34.6 Å². The number of oxazole rings is 1. The summed E-state index contributed by atoms with van der Waals surface area (Å²) in [5.41, 5.74) is 1.96. The molecular weight excluding hydrogens is 354 g/mol. The molecule has 0 aliphatic carbocycles. The maximum Gasteiger partial charge on any atom is 0.224 e. The summed E-state index contributed by atoms with van der Waals surface area (Å²) in [7, 11) is 0. The molecule has 28 heavy (non-hydrogen) atoms. The lowest BCUT2D eigenvalue weighted by Crippen LogP contribution is -2.32. The fourth-order valence-electron chi connectivity index (χ4n) is 3.01. The van der Waals surface area contributed by atoms with Gasteiger partial charge in [0.15, 0.2) is 5.58 Å². The van der Waals surface area contributed by atoms with Crippen LogP contribution in [0.4, 0.5) is 5.69 Å². The summed E-state index contributed by atoms with van der Waals surface area (Å²) in [6, 6.07) is 5.46. The number of fused-ring (bicyclic) bond motifs is 1. The topological polar surface area (TPSA) is 75.4 Å². The van der Waals surface area contributed by atoms with Gasteiger partial charge in [-0.25, -0.2) is 4.98 Å². The highest BCUT2D eigenvalue weighted by Crippen LogP contribution is 2.27. The molecule has 6 nitrogen and oxygen atoms in total. The van der Waals surface area contributed by atoms with Crippen molar-refractivity contribution in [2.75, 3.05) is 18.4 Å². The third-order valence-electron chi connectivity index (χ3n) is 4.45. The number of nitrogens with zero attached hydrogens (tertiary/aromatic N) is 2. The predicted molar refractivity (Wildman–Crippen MR) is 112 cm³/mol. The van der Waals surface area contributed by atoms with Gasteiger partial charge in [0, 0.05) is 37.0 Å². The summed E-state index contributed by atoms with van der Waals surface area (Å²) in [5, 5.41) is 2.89. The van der Waals surface area contributed by atoms with Crippen molar-refractivity contribution in [3.63, 3.8) is 0 Å². The third kappa shape index (κ3) is 6.08. The number of hydrogen-bond donors (Lipinski definition) is 1. The molecule has 0 atom stereocenters. The fourth-order valence-corrected chi connectivity index (χ4v) is 3.01.